The summed E-state index contributed by atoms with van der Waals surface area (Å²) in [5.74, 6) is -0.176. The summed E-state index contributed by atoms with van der Waals surface area (Å²) in [7, 11) is 0. The first-order valence-electron chi connectivity index (χ1n) is 5.04. The second-order valence-corrected chi connectivity index (χ2v) is 3.74. The van der Waals surface area contributed by atoms with Crippen LogP contribution >= 0.6 is 0 Å². The number of aryl methyl sites for hydroxylation is 2. The van der Waals surface area contributed by atoms with Gasteiger partial charge in [0.1, 0.15) is 5.69 Å². The van der Waals surface area contributed by atoms with Crippen molar-refractivity contribution in [1.29, 1.82) is 0 Å². The van der Waals surface area contributed by atoms with Gasteiger partial charge in [-0.1, -0.05) is 17.7 Å². The monoisotopic (exact) mass is 215 g/mol. The number of H-pyrrole nitrogens is 1. The minimum absolute atomic E-state index is 0.176. The molecule has 0 fully saturated rings. The topological polar surface area (TPSA) is 57.8 Å². The van der Waals surface area contributed by atoms with Crippen molar-refractivity contribution in [2.75, 3.05) is 5.32 Å². The Balaban J connectivity index is 2.18. The van der Waals surface area contributed by atoms with Crippen molar-refractivity contribution in [2.24, 2.45) is 0 Å². The molecule has 0 aliphatic heterocycles. The van der Waals surface area contributed by atoms with Crippen LogP contribution in [-0.2, 0) is 0 Å². The fraction of sp³-hybridized carbons (Fsp3) is 0.167. The second-order valence-electron chi connectivity index (χ2n) is 3.74. The molecule has 1 amide bonds. The van der Waals surface area contributed by atoms with Crippen LogP contribution in [0.2, 0.25) is 0 Å². The normalized spacial score (nSPS) is 10.1. The highest BCUT2D eigenvalue weighted by molar-refractivity contribution is 6.03. The molecular weight excluding hydrogens is 202 g/mol. The third-order valence-electron chi connectivity index (χ3n) is 2.37. The van der Waals surface area contributed by atoms with Gasteiger partial charge >= 0.3 is 0 Å². The molecular formula is C12H13N3O. The minimum atomic E-state index is -0.176. The van der Waals surface area contributed by atoms with E-state index >= 15 is 0 Å². The van der Waals surface area contributed by atoms with E-state index in [0.29, 0.717) is 5.69 Å². The number of anilines is 1. The van der Waals surface area contributed by atoms with Crippen molar-refractivity contribution in [3.8, 4) is 0 Å². The molecule has 1 aromatic heterocycles. The highest BCUT2D eigenvalue weighted by Gasteiger charge is 2.08. The van der Waals surface area contributed by atoms with E-state index in [1.54, 1.807) is 0 Å². The average molecular weight is 215 g/mol. The molecule has 4 nitrogen and oxygen atoms in total. The van der Waals surface area contributed by atoms with E-state index < -0.39 is 0 Å². The maximum atomic E-state index is 11.7. The van der Waals surface area contributed by atoms with Crippen LogP contribution in [0.1, 0.15) is 21.6 Å². The van der Waals surface area contributed by atoms with Crippen LogP contribution in [0.5, 0.6) is 0 Å². The van der Waals surface area contributed by atoms with E-state index in [2.05, 4.69) is 15.3 Å². The van der Waals surface area contributed by atoms with Gasteiger partial charge in [0.05, 0.1) is 12.5 Å². The SMILES string of the molecule is Cc1ccc(NC(=O)c2cnc[nH]2)c(C)c1. The number of amides is 1. The molecule has 2 rings (SSSR count). The Hall–Kier alpha value is -2.10. The van der Waals surface area contributed by atoms with Gasteiger partial charge in [0, 0.05) is 5.69 Å². The molecule has 0 atom stereocenters. The van der Waals surface area contributed by atoms with Crippen molar-refractivity contribution < 1.29 is 4.79 Å². The molecule has 0 unspecified atom stereocenters. The molecule has 4 heteroatoms. The lowest BCUT2D eigenvalue weighted by molar-refractivity contribution is 0.102. The Bertz CT molecular complexity index is 503. The molecule has 82 valence electrons. The summed E-state index contributed by atoms with van der Waals surface area (Å²) in [6.45, 7) is 3.99. The maximum Gasteiger partial charge on any atom is 0.273 e. The van der Waals surface area contributed by atoms with E-state index in [1.807, 2.05) is 32.0 Å². The Morgan fingerprint density at radius 2 is 2.19 bits per heavy atom. The highest BCUT2D eigenvalue weighted by atomic mass is 16.1. The molecule has 0 aliphatic rings. The summed E-state index contributed by atoms with van der Waals surface area (Å²) in [5.41, 5.74) is 3.51. The van der Waals surface area contributed by atoms with Crippen molar-refractivity contribution in [3.05, 3.63) is 47.5 Å². The predicted octanol–water partition coefficient (Wildman–Crippen LogP) is 2.28. The van der Waals surface area contributed by atoms with E-state index in [1.165, 1.54) is 18.1 Å². The number of nitrogens with zero attached hydrogens (tertiary/aromatic N) is 1. The zero-order valence-corrected chi connectivity index (χ0v) is 9.24. The van der Waals surface area contributed by atoms with Gasteiger partial charge in [0.2, 0.25) is 0 Å². The van der Waals surface area contributed by atoms with Gasteiger partial charge in [0.15, 0.2) is 0 Å². The number of carbonyl (C=O) groups excluding carboxylic acids is 1. The number of aromatic amines is 1. The van der Waals surface area contributed by atoms with Crippen LogP contribution in [0.15, 0.2) is 30.7 Å². The summed E-state index contributed by atoms with van der Waals surface area (Å²) in [6.07, 6.45) is 2.98. The summed E-state index contributed by atoms with van der Waals surface area (Å²) in [4.78, 5) is 18.3. The van der Waals surface area contributed by atoms with E-state index in [0.717, 1.165) is 11.3 Å². The summed E-state index contributed by atoms with van der Waals surface area (Å²) in [6, 6.07) is 5.90. The van der Waals surface area contributed by atoms with Crippen LogP contribution in [0.3, 0.4) is 0 Å². The Morgan fingerprint density at radius 3 is 2.81 bits per heavy atom. The second kappa shape index (κ2) is 4.18. The van der Waals surface area contributed by atoms with Gasteiger partial charge < -0.3 is 10.3 Å². The smallest absolute Gasteiger partial charge is 0.273 e. The zero-order chi connectivity index (χ0) is 11.5. The lowest BCUT2D eigenvalue weighted by Crippen LogP contribution is -2.13. The van der Waals surface area contributed by atoms with Crippen LogP contribution in [0.25, 0.3) is 0 Å². The van der Waals surface area contributed by atoms with Gasteiger partial charge in [-0.2, -0.15) is 0 Å². The minimum Gasteiger partial charge on any atom is -0.341 e. The Morgan fingerprint density at radius 1 is 1.38 bits per heavy atom. The van der Waals surface area contributed by atoms with Crippen LogP contribution in [0, 0.1) is 13.8 Å². The molecule has 1 aromatic carbocycles. The molecule has 0 radical (unpaired) electrons. The van der Waals surface area contributed by atoms with E-state index in [-0.39, 0.29) is 5.91 Å². The van der Waals surface area contributed by atoms with Gasteiger partial charge in [-0.3, -0.25) is 4.79 Å². The summed E-state index contributed by atoms with van der Waals surface area (Å²) >= 11 is 0. The first-order chi connectivity index (χ1) is 7.66. The van der Waals surface area contributed by atoms with Crippen molar-refractivity contribution in [1.82, 2.24) is 9.97 Å². The summed E-state index contributed by atoms with van der Waals surface area (Å²) < 4.78 is 0. The average Bonchev–Trinajstić information content (AvgIpc) is 2.75. The number of nitrogens with one attached hydrogen (secondary N) is 2. The molecule has 0 spiro atoms. The van der Waals surface area contributed by atoms with Gasteiger partial charge in [-0.15, -0.1) is 0 Å². The zero-order valence-electron chi connectivity index (χ0n) is 9.24. The number of hydrogen-bond donors (Lipinski definition) is 2. The van der Waals surface area contributed by atoms with Gasteiger partial charge in [-0.05, 0) is 25.5 Å². The molecule has 0 saturated carbocycles. The first-order valence-corrected chi connectivity index (χ1v) is 5.04. The maximum absolute atomic E-state index is 11.7. The van der Waals surface area contributed by atoms with Crippen molar-refractivity contribution >= 4 is 11.6 Å². The van der Waals surface area contributed by atoms with E-state index in [9.17, 15) is 4.79 Å². The number of hydrogen-bond acceptors (Lipinski definition) is 2. The first kappa shape index (κ1) is 10.4. The third-order valence-corrected chi connectivity index (χ3v) is 2.37. The van der Waals surface area contributed by atoms with Crippen LogP contribution < -0.4 is 5.32 Å². The van der Waals surface area contributed by atoms with Crippen LogP contribution in [-0.4, -0.2) is 15.9 Å². The third kappa shape index (κ3) is 2.11. The Labute approximate surface area is 93.7 Å². The van der Waals surface area contributed by atoms with Crippen molar-refractivity contribution in [2.45, 2.75) is 13.8 Å². The lowest BCUT2D eigenvalue weighted by Gasteiger charge is -2.07. The Kier molecular flexibility index (Phi) is 2.72. The highest BCUT2D eigenvalue weighted by Crippen LogP contribution is 2.16. The molecule has 1 heterocycles. The van der Waals surface area contributed by atoms with Gasteiger partial charge in [0.25, 0.3) is 5.91 Å². The number of benzene rings is 1. The fourth-order valence-corrected chi connectivity index (χ4v) is 1.52. The molecule has 16 heavy (non-hydrogen) atoms. The van der Waals surface area contributed by atoms with Crippen LogP contribution in [0.4, 0.5) is 5.69 Å². The van der Waals surface area contributed by atoms with Crippen molar-refractivity contribution in [3.63, 3.8) is 0 Å². The standard InChI is InChI=1S/C12H13N3O/c1-8-3-4-10(9(2)5-8)15-12(16)11-6-13-7-14-11/h3-7H,1-2H3,(H,13,14)(H,15,16). The number of rotatable bonds is 2. The number of aromatic nitrogens is 2. The molecule has 0 bridgehead atoms. The number of imidazole rings is 1. The lowest BCUT2D eigenvalue weighted by atomic mass is 10.1. The van der Waals surface area contributed by atoms with E-state index in [4.69, 9.17) is 0 Å². The van der Waals surface area contributed by atoms with Gasteiger partial charge in [-0.25, -0.2) is 4.98 Å². The predicted molar refractivity (Wildman–Crippen MR) is 62.5 cm³/mol. The number of carbonyl (C=O) groups is 1. The molecule has 0 aliphatic carbocycles. The molecule has 2 aromatic rings. The summed E-state index contributed by atoms with van der Waals surface area (Å²) in [5, 5.41) is 2.83. The molecule has 2 N–H and O–H groups in total. The quantitative estimate of drug-likeness (QED) is 0.807. The fourth-order valence-electron chi connectivity index (χ4n) is 1.52. The molecule has 0 saturated heterocycles. The largest absolute Gasteiger partial charge is 0.341 e.